The Bertz CT molecular complexity index is 503. The summed E-state index contributed by atoms with van der Waals surface area (Å²) in [6.07, 6.45) is 0. The van der Waals surface area contributed by atoms with Gasteiger partial charge in [-0.25, -0.2) is 0 Å². The Labute approximate surface area is 109 Å². The zero-order chi connectivity index (χ0) is 13.5. The van der Waals surface area contributed by atoms with Gasteiger partial charge in [0.2, 0.25) is 0 Å². The van der Waals surface area contributed by atoms with Crippen molar-refractivity contribution in [1.29, 1.82) is 0 Å². The summed E-state index contributed by atoms with van der Waals surface area (Å²) in [6.45, 7) is 0. The molecule has 0 amide bonds. The molecule has 2 aromatic rings. The minimum Gasteiger partial charge on any atom is -0.508 e. The fourth-order valence-corrected chi connectivity index (χ4v) is 1.32. The Hall–Kier alpha value is -2.05. The van der Waals surface area contributed by atoms with Crippen molar-refractivity contribution in [3.05, 3.63) is 42.5 Å². The predicted octanol–water partition coefficient (Wildman–Crippen LogP) is 2.51. The summed E-state index contributed by atoms with van der Waals surface area (Å²) in [7, 11) is 0. The molecule has 2 rings (SSSR count). The molecule has 0 atom stereocenters. The van der Waals surface area contributed by atoms with Crippen molar-refractivity contribution < 1.29 is 14.8 Å². The highest BCUT2D eigenvalue weighted by atomic mass is 32.2. The molecule has 6 heteroatoms. The Morgan fingerprint density at radius 1 is 0.889 bits per heavy atom. The van der Waals surface area contributed by atoms with E-state index < -0.39 is 0 Å². The van der Waals surface area contributed by atoms with Gasteiger partial charge in [-0.05, 0) is 36.4 Å². The standard InChI is InChI=1S/C6H7NO2.C6H7NOS/c7-5-2-1-4(8)3-6(5)9;7-5-1-3-6(9-8)4-2-5/h1-3,8-9H,7H2;1-4,8H,7H2. The molecular weight excluding hydrogens is 252 g/mol. The van der Waals surface area contributed by atoms with Crippen LogP contribution in [0.25, 0.3) is 0 Å². The van der Waals surface area contributed by atoms with Crippen LogP contribution in [-0.4, -0.2) is 14.8 Å². The van der Waals surface area contributed by atoms with Gasteiger partial charge in [0.25, 0.3) is 0 Å². The number of nitrogen functional groups attached to an aromatic ring is 2. The lowest BCUT2D eigenvalue weighted by molar-refractivity contribution is 0.452. The van der Waals surface area contributed by atoms with Gasteiger partial charge in [0.05, 0.1) is 5.69 Å². The SMILES string of the molecule is Nc1ccc(O)cc1O.Nc1ccc(SO)cc1. The summed E-state index contributed by atoms with van der Waals surface area (Å²) < 4.78 is 8.50. The number of aromatic hydroxyl groups is 2. The molecule has 2 aromatic carbocycles. The van der Waals surface area contributed by atoms with Gasteiger partial charge in [-0.15, -0.1) is 0 Å². The van der Waals surface area contributed by atoms with E-state index in [-0.39, 0.29) is 17.2 Å². The molecule has 0 radical (unpaired) electrons. The van der Waals surface area contributed by atoms with E-state index in [2.05, 4.69) is 0 Å². The van der Waals surface area contributed by atoms with Crippen molar-refractivity contribution >= 4 is 23.4 Å². The Morgan fingerprint density at radius 3 is 1.94 bits per heavy atom. The number of rotatable bonds is 1. The van der Waals surface area contributed by atoms with E-state index in [1.165, 1.54) is 18.2 Å². The van der Waals surface area contributed by atoms with E-state index in [1.807, 2.05) is 0 Å². The van der Waals surface area contributed by atoms with E-state index in [4.69, 9.17) is 26.2 Å². The molecule has 0 spiro atoms. The van der Waals surface area contributed by atoms with Crippen LogP contribution in [0.4, 0.5) is 11.4 Å². The third kappa shape index (κ3) is 4.44. The second-order valence-corrected chi connectivity index (χ2v) is 4.06. The highest BCUT2D eigenvalue weighted by molar-refractivity contribution is 7.93. The van der Waals surface area contributed by atoms with Crippen LogP contribution in [0.2, 0.25) is 0 Å². The molecular formula is C12H14N2O3S. The van der Waals surface area contributed by atoms with Gasteiger partial charge in [-0.2, -0.15) is 0 Å². The first kappa shape index (κ1) is 14.0. The molecule has 5 nitrogen and oxygen atoms in total. The minimum absolute atomic E-state index is 0.0155. The quantitative estimate of drug-likeness (QED) is 0.234. The smallest absolute Gasteiger partial charge is 0.142 e. The number of nitrogens with two attached hydrogens (primary N) is 2. The summed E-state index contributed by atoms with van der Waals surface area (Å²) in [4.78, 5) is 0.809. The lowest BCUT2D eigenvalue weighted by atomic mass is 10.3. The van der Waals surface area contributed by atoms with Crippen molar-refractivity contribution in [3.8, 4) is 11.5 Å². The van der Waals surface area contributed by atoms with E-state index in [1.54, 1.807) is 24.3 Å². The zero-order valence-corrected chi connectivity index (χ0v) is 10.3. The predicted molar refractivity (Wildman–Crippen MR) is 73.5 cm³/mol. The molecule has 18 heavy (non-hydrogen) atoms. The molecule has 96 valence electrons. The van der Waals surface area contributed by atoms with Crippen LogP contribution in [0.3, 0.4) is 0 Å². The van der Waals surface area contributed by atoms with Crippen molar-refractivity contribution in [3.63, 3.8) is 0 Å². The maximum absolute atomic E-state index is 8.82. The second-order valence-electron chi connectivity index (χ2n) is 3.40. The number of hydrogen-bond donors (Lipinski definition) is 5. The van der Waals surface area contributed by atoms with E-state index in [0.717, 1.165) is 16.9 Å². The molecule has 0 bridgehead atoms. The number of phenolic OH excluding ortho intramolecular Hbond substituents is 2. The molecule has 7 N–H and O–H groups in total. The summed E-state index contributed by atoms with van der Waals surface area (Å²) in [6, 6.07) is 11.1. The average Bonchev–Trinajstić information content (AvgIpc) is 2.36. The fourth-order valence-electron chi connectivity index (χ4n) is 1.06. The zero-order valence-electron chi connectivity index (χ0n) is 9.45. The van der Waals surface area contributed by atoms with Gasteiger partial charge in [-0.3, -0.25) is 0 Å². The van der Waals surface area contributed by atoms with Gasteiger partial charge in [0, 0.05) is 28.7 Å². The van der Waals surface area contributed by atoms with Crippen molar-refractivity contribution in [2.24, 2.45) is 0 Å². The van der Waals surface area contributed by atoms with E-state index >= 15 is 0 Å². The van der Waals surface area contributed by atoms with Gasteiger partial charge < -0.3 is 26.2 Å². The van der Waals surface area contributed by atoms with Crippen molar-refractivity contribution in [2.45, 2.75) is 4.90 Å². The number of hydrogen-bond acceptors (Lipinski definition) is 6. The Balaban J connectivity index is 0.000000180. The Kier molecular flexibility index (Phi) is 5.16. The number of phenols is 2. The van der Waals surface area contributed by atoms with Gasteiger partial charge in [0.1, 0.15) is 11.5 Å². The van der Waals surface area contributed by atoms with Crippen LogP contribution in [0.5, 0.6) is 11.5 Å². The maximum Gasteiger partial charge on any atom is 0.142 e. The average molecular weight is 266 g/mol. The first-order valence-electron chi connectivity index (χ1n) is 4.97. The molecule has 0 aromatic heterocycles. The first-order valence-corrected chi connectivity index (χ1v) is 5.74. The van der Waals surface area contributed by atoms with Crippen molar-refractivity contribution in [1.82, 2.24) is 0 Å². The lowest BCUT2D eigenvalue weighted by Crippen LogP contribution is -1.82. The first-order chi connectivity index (χ1) is 8.52. The highest BCUT2D eigenvalue weighted by Crippen LogP contribution is 2.23. The van der Waals surface area contributed by atoms with Crippen LogP contribution in [-0.2, 0) is 0 Å². The van der Waals surface area contributed by atoms with E-state index in [9.17, 15) is 0 Å². The molecule has 0 fully saturated rings. The number of anilines is 2. The van der Waals surface area contributed by atoms with Crippen LogP contribution >= 0.6 is 12.0 Å². The van der Waals surface area contributed by atoms with Gasteiger partial charge in [-0.1, -0.05) is 0 Å². The fraction of sp³-hybridized carbons (Fsp3) is 0. The van der Waals surface area contributed by atoms with Gasteiger partial charge >= 0.3 is 0 Å². The highest BCUT2D eigenvalue weighted by Gasteiger charge is 1.94. The molecule has 0 aliphatic rings. The third-order valence-electron chi connectivity index (χ3n) is 2.00. The normalized spacial score (nSPS) is 9.39. The summed E-state index contributed by atoms with van der Waals surface area (Å²) in [5, 5.41) is 17.5. The molecule has 0 aliphatic heterocycles. The van der Waals surface area contributed by atoms with Crippen LogP contribution in [0.15, 0.2) is 47.4 Å². The minimum atomic E-state index is -0.0880. The summed E-state index contributed by atoms with van der Waals surface area (Å²) in [5.41, 5.74) is 11.6. The summed E-state index contributed by atoms with van der Waals surface area (Å²) >= 11 is 0.722. The van der Waals surface area contributed by atoms with Crippen LogP contribution in [0, 0.1) is 0 Å². The Morgan fingerprint density at radius 2 is 1.50 bits per heavy atom. The number of benzene rings is 2. The summed E-state index contributed by atoms with van der Waals surface area (Å²) in [5.74, 6) is -0.0725. The van der Waals surface area contributed by atoms with Crippen molar-refractivity contribution in [2.75, 3.05) is 11.5 Å². The maximum atomic E-state index is 8.82. The van der Waals surface area contributed by atoms with Crippen LogP contribution < -0.4 is 11.5 Å². The third-order valence-corrected chi connectivity index (χ3v) is 2.48. The van der Waals surface area contributed by atoms with E-state index in [0.29, 0.717) is 5.69 Å². The van der Waals surface area contributed by atoms with Crippen LogP contribution in [0.1, 0.15) is 0 Å². The van der Waals surface area contributed by atoms with Gasteiger partial charge in [0.15, 0.2) is 0 Å². The molecule has 0 heterocycles. The molecule has 0 unspecified atom stereocenters. The topological polar surface area (TPSA) is 113 Å². The largest absolute Gasteiger partial charge is 0.508 e. The lowest BCUT2D eigenvalue weighted by Gasteiger charge is -1.96. The molecule has 0 saturated heterocycles. The molecule has 0 saturated carbocycles. The molecule has 0 aliphatic carbocycles. The monoisotopic (exact) mass is 266 g/mol. The second kappa shape index (κ2) is 6.63.